The normalized spacial score (nSPS) is 17.0. The summed E-state index contributed by atoms with van der Waals surface area (Å²) in [7, 11) is 2.03. The molecular weight excluding hydrogens is 266 g/mol. The van der Waals surface area contributed by atoms with Gasteiger partial charge in [-0.25, -0.2) is 9.78 Å². The van der Waals surface area contributed by atoms with Gasteiger partial charge in [0, 0.05) is 24.8 Å². The average Bonchev–Trinajstić information content (AvgIpc) is 3.02. The van der Waals surface area contributed by atoms with Crippen LogP contribution in [0.25, 0.3) is 0 Å². The predicted octanol–water partition coefficient (Wildman–Crippen LogP) is 2.79. The molecule has 21 heavy (non-hydrogen) atoms. The molecule has 3 rings (SSSR count). The molecule has 0 fully saturated rings. The number of hydrogen-bond donors (Lipinski definition) is 2. The molecule has 2 N–H and O–H groups in total. The fourth-order valence-electron chi connectivity index (χ4n) is 3.02. The van der Waals surface area contributed by atoms with Crippen molar-refractivity contribution < 1.29 is 9.90 Å². The first-order valence-corrected chi connectivity index (χ1v) is 7.24. The summed E-state index contributed by atoms with van der Waals surface area (Å²) in [6.07, 6.45) is 2.45. The molecule has 5 heteroatoms. The summed E-state index contributed by atoms with van der Waals surface area (Å²) >= 11 is 0. The predicted molar refractivity (Wildman–Crippen MR) is 80.8 cm³/mol. The van der Waals surface area contributed by atoms with Crippen LogP contribution in [0.3, 0.4) is 0 Å². The SMILES string of the molecule is CCCc1[nH]c(C2Cc3ccccc3N2C)nc1C(=O)O. The van der Waals surface area contributed by atoms with Gasteiger partial charge in [0.2, 0.25) is 0 Å². The minimum atomic E-state index is -0.959. The maximum atomic E-state index is 11.3. The second kappa shape index (κ2) is 5.24. The van der Waals surface area contributed by atoms with Gasteiger partial charge < -0.3 is 15.0 Å². The number of anilines is 1. The zero-order valence-electron chi connectivity index (χ0n) is 12.3. The molecule has 2 heterocycles. The van der Waals surface area contributed by atoms with Gasteiger partial charge in [-0.3, -0.25) is 0 Å². The van der Waals surface area contributed by atoms with Crippen molar-refractivity contribution in [1.29, 1.82) is 0 Å². The Balaban J connectivity index is 1.95. The molecule has 1 aromatic carbocycles. The Morgan fingerprint density at radius 1 is 1.48 bits per heavy atom. The van der Waals surface area contributed by atoms with E-state index in [0.29, 0.717) is 6.42 Å². The molecule has 110 valence electrons. The first-order chi connectivity index (χ1) is 10.1. The Hall–Kier alpha value is -2.30. The summed E-state index contributed by atoms with van der Waals surface area (Å²) in [5, 5.41) is 9.29. The van der Waals surface area contributed by atoms with Crippen LogP contribution >= 0.6 is 0 Å². The van der Waals surface area contributed by atoms with Gasteiger partial charge in [0.1, 0.15) is 5.82 Å². The van der Waals surface area contributed by atoms with E-state index >= 15 is 0 Å². The van der Waals surface area contributed by atoms with E-state index in [4.69, 9.17) is 0 Å². The highest BCUT2D eigenvalue weighted by molar-refractivity contribution is 5.86. The zero-order chi connectivity index (χ0) is 15.0. The van der Waals surface area contributed by atoms with Gasteiger partial charge in [-0.2, -0.15) is 0 Å². The molecule has 0 amide bonds. The van der Waals surface area contributed by atoms with E-state index in [9.17, 15) is 9.90 Å². The van der Waals surface area contributed by atoms with Gasteiger partial charge in [-0.15, -0.1) is 0 Å². The number of carboxylic acid groups (broad SMARTS) is 1. The minimum absolute atomic E-state index is 0.0751. The Morgan fingerprint density at radius 2 is 2.24 bits per heavy atom. The molecule has 2 aromatic rings. The van der Waals surface area contributed by atoms with Crippen LogP contribution in [0, 0.1) is 0 Å². The van der Waals surface area contributed by atoms with Crippen LogP contribution in [0.15, 0.2) is 24.3 Å². The molecule has 1 aliphatic heterocycles. The number of fused-ring (bicyclic) bond motifs is 1. The van der Waals surface area contributed by atoms with Crippen molar-refractivity contribution in [2.75, 3.05) is 11.9 Å². The molecule has 5 nitrogen and oxygen atoms in total. The largest absolute Gasteiger partial charge is 0.476 e. The summed E-state index contributed by atoms with van der Waals surface area (Å²) < 4.78 is 0. The van der Waals surface area contributed by atoms with Crippen molar-refractivity contribution in [1.82, 2.24) is 9.97 Å². The van der Waals surface area contributed by atoms with Crippen molar-refractivity contribution in [3.8, 4) is 0 Å². The topological polar surface area (TPSA) is 69.2 Å². The average molecular weight is 285 g/mol. The third-order valence-electron chi connectivity index (χ3n) is 4.07. The summed E-state index contributed by atoms with van der Waals surface area (Å²) in [4.78, 5) is 21.1. The Labute approximate surface area is 123 Å². The molecule has 0 spiro atoms. The van der Waals surface area contributed by atoms with Crippen LogP contribution in [0.5, 0.6) is 0 Å². The minimum Gasteiger partial charge on any atom is -0.476 e. The first-order valence-electron chi connectivity index (χ1n) is 7.24. The van der Waals surface area contributed by atoms with Crippen LogP contribution in [0.2, 0.25) is 0 Å². The van der Waals surface area contributed by atoms with Gasteiger partial charge in [0.15, 0.2) is 5.69 Å². The number of aromatic amines is 1. The number of nitrogens with zero attached hydrogens (tertiary/aromatic N) is 2. The third-order valence-corrected chi connectivity index (χ3v) is 4.07. The smallest absolute Gasteiger partial charge is 0.356 e. The van der Waals surface area contributed by atoms with E-state index in [1.54, 1.807) is 0 Å². The highest BCUT2D eigenvalue weighted by atomic mass is 16.4. The highest BCUT2D eigenvalue weighted by Gasteiger charge is 2.31. The van der Waals surface area contributed by atoms with Crippen molar-refractivity contribution in [3.05, 3.63) is 47.0 Å². The molecule has 1 atom stereocenters. The third kappa shape index (κ3) is 2.28. The Morgan fingerprint density at radius 3 is 2.90 bits per heavy atom. The van der Waals surface area contributed by atoms with Crippen LogP contribution < -0.4 is 4.90 Å². The van der Waals surface area contributed by atoms with Crippen molar-refractivity contribution in [2.45, 2.75) is 32.2 Å². The standard InChI is InChI=1S/C16H19N3O2/c1-3-6-11-14(16(20)21)18-15(17-11)13-9-10-7-4-5-8-12(10)19(13)2/h4-5,7-8,13H,3,6,9H2,1-2H3,(H,17,18)(H,20,21). The lowest BCUT2D eigenvalue weighted by molar-refractivity contribution is 0.0689. The number of H-pyrrole nitrogens is 1. The van der Waals surface area contributed by atoms with E-state index in [1.807, 2.05) is 26.1 Å². The van der Waals surface area contributed by atoms with Gasteiger partial charge in [0.25, 0.3) is 0 Å². The highest BCUT2D eigenvalue weighted by Crippen LogP contribution is 2.38. The number of imidazole rings is 1. The number of carboxylic acids is 1. The molecule has 1 aliphatic rings. The number of benzene rings is 1. The van der Waals surface area contributed by atoms with Gasteiger partial charge in [-0.05, 0) is 18.1 Å². The molecule has 0 bridgehead atoms. The molecule has 0 saturated carbocycles. The summed E-state index contributed by atoms with van der Waals surface area (Å²) in [5.74, 6) is -0.214. The van der Waals surface area contributed by atoms with E-state index in [-0.39, 0.29) is 11.7 Å². The second-order valence-electron chi connectivity index (χ2n) is 5.46. The monoisotopic (exact) mass is 285 g/mol. The Bertz CT molecular complexity index is 678. The lowest BCUT2D eigenvalue weighted by atomic mass is 10.1. The number of rotatable bonds is 4. The molecule has 1 unspecified atom stereocenters. The summed E-state index contributed by atoms with van der Waals surface area (Å²) in [6.45, 7) is 2.03. The number of likely N-dealkylation sites (N-methyl/N-ethyl adjacent to an activating group) is 1. The van der Waals surface area contributed by atoms with Crippen LogP contribution in [-0.4, -0.2) is 28.1 Å². The van der Waals surface area contributed by atoms with Gasteiger partial charge in [0.05, 0.1) is 6.04 Å². The lowest BCUT2D eigenvalue weighted by Crippen LogP contribution is -2.21. The number of aryl methyl sites for hydroxylation is 1. The fraction of sp³-hybridized carbons (Fsp3) is 0.375. The van der Waals surface area contributed by atoms with E-state index in [1.165, 1.54) is 11.3 Å². The quantitative estimate of drug-likeness (QED) is 0.906. The molecule has 0 saturated heterocycles. The number of aromatic nitrogens is 2. The number of carbonyl (C=O) groups is 1. The van der Waals surface area contributed by atoms with Gasteiger partial charge in [-0.1, -0.05) is 31.5 Å². The maximum Gasteiger partial charge on any atom is 0.356 e. The fourth-order valence-corrected chi connectivity index (χ4v) is 3.02. The van der Waals surface area contributed by atoms with Crippen LogP contribution in [0.4, 0.5) is 5.69 Å². The van der Waals surface area contributed by atoms with Crippen LogP contribution in [0.1, 0.15) is 47.0 Å². The molecular formula is C16H19N3O2. The van der Waals surface area contributed by atoms with Gasteiger partial charge >= 0.3 is 5.97 Å². The lowest BCUT2D eigenvalue weighted by Gasteiger charge is -2.20. The second-order valence-corrected chi connectivity index (χ2v) is 5.46. The maximum absolute atomic E-state index is 11.3. The molecule has 1 aromatic heterocycles. The summed E-state index contributed by atoms with van der Waals surface area (Å²) in [6, 6.07) is 8.32. The number of nitrogens with one attached hydrogen (secondary N) is 1. The van der Waals surface area contributed by atoms with Crippen molar-refractivity contribution >= 4 is 11.7 Å². The van der Waals surface area contributed by atoms with Crippen molar-refractivity contribution in [3.63, 3.8) is 0 Å². The molecule has 0 radical (unpaired) electrons. The van der Waals surface area contributed by atoms with E-state index < -0.39 is 5.97 Å². The van der Waals surface area contributed by atoms with Crippen LogP contribution in [-0.2, 0) is 12.8 Å². The zero-order valence-corrected chi connectivity index (χ0v) is 12.3. The number of para-hydroxylation sites is 1. The summed E-state index contributed by atoms with van der Waals surface area (Å²) in [5.41, 5.74) is 3.35. The number of aromatic carboxylic acids is 1. The Kier molecular flexibility index (Phi) is 3.41. The van der Waals surface area contributed by atoms with E-state index in [0.717, 1.165) is 24.4 Å². The van der Waals surface area contributed by atoms with Crippen molar-refractivity contribution in [2.24, 2.45) is 0 Å². The molecule has 0 aliphatic carbocycles. The number of hydrogen-bond acceptors (Lipinski definition) is 3. The first kappa shape index (κ1) is 13.7. The van der Waals surface area contributed by atoms with E-state index in [2.05, 4.69) is 27.0 Å².